The van der Waals surface area contributed by atoms with Crippen molar-refractivity contribution in [2.24, 2.45) is 0 Å². The van der Waals surface area contributed by atoms with Crippen molar-refractivity contribution in [2.75, 3.05) is 27.2 Å². The van der Waals surface area contributed by atoms with Crippen LogP contribution in [0.5, 0.6) is 0 Å². The van der Waals surface area contributed by atoms with Gasteiger partial charge in [-0.15, -0.1) is 24.0 Å². The number of alkyl halides is 1. The van der Waals surface area contributed by atoms with Crippen LogP contribution in [0, 0.1) is 0 Å². The van der Waals surface area contributed by atoms with Crippen LogP contribution in [0.4, 0.5) is 0 Å². The summed E-state index contributed by atoms with van der Waals surface area (Å²) < 4.78 is 0. The van der Waals surface area contributed by atoms with Crippen LogP contribution in [0.2, 0.25) is 0 Å². The minimum Gasteiger partial charge on any atom is -0.245 e. The largest absolute Gasteiger partial charge is 0.245 e. The number of hydrazine groups is 1. The van der Waals surface area contributed by atoms with Gasteiger partial charge >= 0.3 is 0 Å². The number of rotatable bonds is 20. The van der Waals surface area contributed by atoms with Crippen LogP contribution >= 0.6 is 24.0 Å². The Morgan fingerprint density at radius 1 is 0.593 bits per heavy atom. The second kappa shape index (κ2) is 22.8. The Balaban J connectivity index is 0. The van der Waals surface area contributed by atoms with E-state index in [0.717, 1.165) is 13.0 Å². The number of unbranched alkanes of at least 4 members (excludes halogenated alkanes) is 13. The Kier molecular flexibility index (Phi) is 25.1. The first-order valence-corrected chi connectivity index (χ1v) is 12.1. The molecule has 0 fully saturated rings. The summed E-state index contributed by atoms with van der Waals surface area (Å²) in [5, 5.41) is 5.03. The van der Waals surface area contributed by atoms with E-state index in [4.69, 9.17) is 11.6 Å². The van der Waals surface area contributed by atoms with Crippen molar-refractivity contribution in [1.82, 2.24) is 10.0 Å². The highest BCUT2D eigenvalue weighted by Gasteiger charge is 2.06. The fraction of sp³-hybridized carbons (Fsp3) is 1.00. The molecule has 0 amide bonds. The van der Waals surface area contributed by atoms with E-state index in [0.29, 0.717) is 5.38 Å². The summed E-state index contributed by atoms with van der Waals surface area (Å²) in [6.07, 6.45) is 22.3. The van der Waals surface area contributed by atoms with E-state index in [1.54, 1.807) is 0 Å². The number of hydrogen-bond acceptors (Lipinski definition) is 2. The molecule has 27 heavy (non-hydrogen) atoms. The van der Waals surface area contributed by atoms with E-state index in [1.807, 2.05) is 0 Å². The van der Waals surface area contributed by atoms with Gasteiger partial charge in [0.15, 0.2) is 0 Å². The molecular weight excluding hydrogens is 375 g/mol. The summed E-state index contributed by atoms with van der Waals surface area (Å²) >= 11 is 6.01. The topological polar surface area (TPSA) is 6.48 Å². The van der Waals surface area contributed by atoms with E-state index >= 15 is 0 Å². The van der Waals surface area contributed by atoms with Gasteiger partial charge in [-0.25, -0.2) is 10.0 Å². The molecule has 2 nitrogen and oxygen atoms in total. The molecule has 0 N–H and O–H groups in total. The first kappa shape index (κ1) is 29.7. The van der Waals surface area contributed by atoms with Gasteiger partial charge in [-0.05, 0) is 26.2 Å². The van der Waals surface area contributed by atoms with E-state index in [-0.39, 0.29) is 12.4 Å². The van der Waals surface area contributed by atoms with Gasteiger partial charge in [-0.3, -0.25) is 0 Å². The molecule has 0 aromatic carbocycles. The summed E-state index contributed by atoms with van der Waals surface area (Å²) in [6.45, 7) is 6.68. The van der Waals surface area contributed by atoms with E-state index < -0.39 is 0 Å². The Morgan fingerprint density at radius 3 is 1.30 bits per heavy atom. The van der Waals surface area contributed by atoms with Crippen molar-refractivity contribution < 1.29 is 0 Å². The Hall–Kier alpha value is 0.500. The SMILES string of the molecule is CCCCCCCCCCCCCCCCN(C)N(C)CCCC(C)Cl.Cl. The highest BCUT2D eigenvalue weighted by atomic mass is 35.5. The third-order valence-electron chi connectivity index (χ3n) is 5.50. The maximum atomic E-state index is 6.01. The molecule has 0 bridgehead atoms. The molecule has 4 heteroatoms. The molecule has 0 aliphatic carbocycles. The Morgan fingerprint density at radius 2 is 0.926 bits per heavy atom. The first-order chi connectivity index (χ1) is 12.6. The van der Waals surface area contributed by atoms with Crippen molar-refractivity contribution >= 4 is 24.0 Å². The van der Waals surface area contributed by atoms with Crippen molar-refractivity contribution in [3.63, 3.8) is 0 Å². The maximum Gasteiger partial charge on any atom is 0.0308 e. The zero-order valence-electron chi connectivity index (χ0n) is 19.0. The predicted octanol–water partition coefficient (Wildman–Crippen LogP) is 8.08. The highest BCUT2D eigenvalue weighted by molar-refractivity contribution is 6.20. The van der Waals surface area contributed by atoms with Gasteiger partial charge in [-0.1, -0.05) is 90.4 Å². The van der Waals surface area contributed by atoms with Crippen molar-refractivity contribution in [3.8, 4) is 0 Å². The lowest BCUT2D eigenvalue weighted by molar-refractivity contribution is 0.0242. The second-order valence-electron chi connectivity index (χ2n) is 8.28. The quantitative estimate of drug-likeness (QED) is 0.110. The van der Waals surface area contributed by atoms with Gasteiger partial charge < -0.3 is 0 Å². The predicted molar refractivity (Wildman–Crippen MR) is 127 cm³/mol. The smallest absolute Gasteiger partial charge is 0.0308 e. The number of hydrogen-bond donors (Lipinski definition) is 0. The lowest BCUT2D eigenvalue weighted by Gasteiger charge is -2.28. The third kappa shape index (κ3) is 22.7. The van der Waals surface area contributed by atoms with Gasteiger partial charge in [0.05, 0.1) is 0 Å². The second-order valence-corrected chi connectivity index (χ2v) is 9.03. The van der Waals surface area contributed by atoms with E-state index in [9.17, 15) is 0 Å². The monoisotopic (exact) mass is 424 g/mol. The summed E-state index contributed by atoms with van der Waals surface area (Å²) in [5.74, 6) is 0. The molecule has 166 valence electrons. The summed E-state index contributed by atoms with van der Waals surface area (Å²) in [4.78, 5) is 0. The zero-order valence-corrected chi connectivity index (χ0v) is 20.6. The highest BCUT2D eigenvalue weighted by Crippen LogP contribution is 2.13. The van der Waals surface area contributed by atoms with Crippen LogP contribution in [0.3, 0.4) is 0 Å². The summed E-state index contributed by atoms with van der Waals surface area (Å²) in [7, 11) is 4.41. The average Bonchev–Trinajstić information content (AvgIpc) is 2.61. The molecule has 1 atom stereocenters. The number of nitrogens with zero attached hydrogens (tertiary/aromatic N) is 2. The fourth-order valence-electron chi connectivity index (χ4n) is 3.48. The fourth-order valence-corrected chi connectivity index (χ4v) is 3.63. The number of halogens is 2. The van der Waals surface area contributed by atoms with Gasteiger partial charge in [0.2, 0.25) is 0 Å². The van der Waals surface area contributed by atoms with Gasteiger partial charge in [0.1, 0.15) is 0 Å². The molecule has 0 aliphatic rings. The molecule has 0 saturated heterocycles. The summed E-state index contributed by atoms with van der Waals surface area (Å²) in [5.41, 5.74) is 0. The molecule has 0 aromatic rings. The Bertz CT molecular complexity index is 275. The first-order valence-electron chi connectivity index (χ1n) is 11.6. The molecule has 0 saturated carbocycles. The van der Waals surface area contributed by atoms with Crippen LogP contribution in [0.25, 0.3) is 0 Å². The van der Waals surface area contributed by atoms with Crippen LogP contribution in [-0.2, 0) is 0 Å². The normalized spacial score (nSPS) is 12.6. The molecule has 0 radical (unpaired) electrons. The average molecular weight is 426 g/mol. The standard InChI is InChI=1S/C23H49ClN2.ClH/c1-5-6-7-8-9-10-11-12-13-14-15-16-17-18-21-25(3)26(4)22-19-20-23(2)24;/h23H,5-22H2,1-4H3;1H. The van der Waals surface area contributed by atoms with Crippen LogP contribution in [0.1, 0.15) is 117 Å². The van der Waals surface area contributed by atoms with Crippen molar-refractivity contribution in [3.05, 3.63) is 0 Å². The molecule has 0 rings (SSSR count). The lowest BCUT2D eigenvalue weighted by Crippen LogP contribution is -2.38. The molecule has 1 unspecified atom stereocenters. The maximum absolute atomic E-state index is 6.01. The minimum absolute atomic E-state index is 0. The molecule has 0 spiro atoms. The molecule has 0 aliphatic heterocycles. The molecule has 0 aromatic heterocycles. The lowest BCUT2D eigenvalue weighted by atomic mass is 10.0. The van der Waals surface area contributed by atoms with Crippen LogP contribution < -0.4 is 0 Å². The van der Waals surface area contributed by atoms with Gasteiger partial charge in [0, 0.05) is 32.6 Å². The van der Waals surface area contributed by atoms with Gasteiger partial charge in [-0.2, -0.15) is 0 Å². The summed E-state index contributed by atoms with van der Waals surface area (Å²) in [6, 6.07) is 0. The molecule has 0 heterocycles. The zero-order chi connectivity index (χ0) is 19.5. The van der Waals surface area contributed by atoms with Crippen molar-refractivity contribution in [2.45, 2.75) is 122 Å². The van der Waals surface area contributed by atoms with Crippen LogP contribution in [-0.4, -0.2) is 42.6 Å². The van der Waals surface area contributed by atoms with Crippen molar-refractivity contribution in [1.29, 1.82) is 0 Å². The Labute approximate surface area is 183 Å². The minimum atomic E-state index is 0. The van der Waals surface area contributed by atoms with E-state index in [2.05, 4.69) is 38.0 Å². The molecular formula is C23H50Cl2N2. The van der Waals surface area contributed by atoms with Gasteiger partial charge in [0.25, 0.3) is 0 Å². The van der Waals surface area contributed by atoms with Crippen LogP contribution in [0.15, 0.2) is 0 Å². The third-order valence-corrected chi connectivity index (χ3v) is 5.72. The van der Waals surface area contributed by atoms with E-state index in [1.165, 1.54) is 103 Å².